The molecule has 0 bridgehead atoms. The minimum absolute atomic E-state index is 0.0639. The molecular formula is C15H18N4O3S. The summed E-state index contributed by atoms with van der Waals surface area (Å²) < 4.78 is 13.0. The second-order valence-electron chi connectivity index (χ2n) is 5.81. The normalized spacial score (nSPS) is 23.5. The van der Waals surface area contributed by atoms with Crippen molar-refractivity contribution >= 4 is 17.2 Å². The van der Waals surface area contributed by atoms with E-state index in [2.05, 4.69) is 15.4 Å². The van der Waals surface area contributed by atoms with Crippen molar-refractivity contribution in [3.8, 4) is 11.5 Å². The standard InChI is InChI=1S/C15H18N4O3S/c20-15(14-13-12(7-23-14)21-5-6-22-13)18-10-1-3-11(4-2-10)19-9-16-8-17-19/h7-11H,1-6H2,(H,18,20). The number of thiophene rings is 1. The molecule has 0 atom stereocenters. The van der Waals surface area contributed by atoms with Gasteiger partial charge < -0.3 is 14.8 Å². The van der Waals surface area contributed by atoms with Crippen molar-refractivity contribution in [3.63, 3.8) is 0 Å². The molecule has 2 aromatic rings. The van der Waals surface area contributed by atoms with Gasteiger partial charge in [-0.3, -0.25) is 4.79 Å². The fourth-order valence-electron chi connectivity index (χ4n) is 3.16. The molecule has 3 heterocycles. The van der Waals surface area contributed by atoms with Gasteiger partial charge in [-0.1, -0.05) is 0 Å². The van der Waals surface area contributed by atoms with Gasteiger partial charge >= 0.3 is 0 Å². The van der Waals surface area contributed by atoms with E-state index in [0.717, 1.165) is 25.7 Å². The highest BCUT2D eigenvalue weighted by atomic mass is 32.1. The summed E-state index contributed by atoms with van der Waals surface area (Å²) in [7, 11) is 0. The Morgan fingerprint density at radius 2 is 2.09 bits per heavy atom. The van der Waals surface area contributed by atoms with Gasteiger partial charge in [-0.05, 0) is 25.7 Å². The van der Waals surface area contributed by atoms with Crippen LogP contribution in [-0.4, -0.2) is 39.9 Å². The zero-order valence-corrected chi connectivity index (χ0v) is 13.4. The number of carbonyl (C=O) groups excluding carboxylic acids is 1. The van der Waals surface area contributed by atoms with Crippen molar-refractivity contribution in [2.24, 2.45) is 0 Å². The first-order valence-corrected chi connectivity index (χ1v) is 8.71. The van der Waals surface area contributed by atoms with Gasteiger partial charge in [0.1, 0.15) is 30.7 Å². The van der Waals surface area contributed by atoms with Crippen molar-refractivity contribution in [3.05, 3.63) is 22.9 Å². The Bertz CT molecular complexity index is 677. The van der Waals surface area contributed by atoms with E-state index in [-0.39, 0.29) is 11.9 Å². The molecule has 2 aliphatic rings. The summed E-state index contributed by atoms with van der Waals surface area (Å²) in [6, 6.07) is 0.585. The van der Waals surface area contributed by atoms with E-state index >= 15 is 0 Å². The van der Waals surface area contributed by atoms with Gasteiger partial charge in [0, 0.05) is 11.4 Å². The van der Waals surface area contributed by atoms with Crippen LogP contribution in [0.2, 0.25) is 0 Å². The Balaban J connectivity index is 1.36. The van der Waals surface area contributed by atoms with Crippen molar-refractivity contribution in [2.45, 2.75) is 37.8 Å². The number of carbonyl (C=O) groups is 1. The number of nitrogens with one attached hydrogen (secondary N) is 1. The summed E-state index contributed by atoms with van der Waals surface area (Å²) >= 11 is 1.38. The van der Waals surface area contributed by atoms with Gasteiger partial charge in [-0.2, -0.15) is 5.10 Å². The predicted molar refractivity (Wildman–Crippen MR) is 84.1 cm³/mol. The maximum Gasteiger partial charge on any atom is 0.265 e. The first-order valence-electron chi connectivity index (χ1n) is 7.83. The van der Waals surface area contributed by atoms with E-state index < -0.39 is 0 Å². The van der Waals surface area contributed by atoms with Crippen molar-refractivity contribution in [1.29, 1.82) is 0 Å². The van der Waals surface area contributed by atoms with Gasteiger partial charge in [0.25, 0.3) is 5.91 Å². The van der Waals surface area contributed by atoms with Crippen LogP contribution in [-0.2, 0) is 0 Å². The monoisotopic (exact) mass is 334 g/mol. The third kappa shape index (κ3) is 2.90. The lowest BCUT2D eigenvalue weighted by Crippen LogP contribution is -2.38. The van der Waals surface area contributed by atoms with Crippen LogP contribution in [0.15, 0.2) is 18.0 Å². The molecule has 1 aliphatic heterocycles. The van der Waals surface area contributed by atoms with E-state index in [4.69, 9.17) is 9.47 Å². The number of rotatable bonds is 3. The number of fused-ring (bicyclic) bond motifs is 1. The number of nitrogens with zero attached hydrogens (tertiary/aromatic N) is 3. The lowest BCUT2D eigenvalue weighted by atomic mass is 9.91. The average Bonchev–Trinajstić information content (AvgIpc) is 3.25. The first kappa shape index (κ1) is 14.5. The second-order valence-corrected chi connectivity index (χ2v) is 6.69. The molecule has 122 valence electrons. The Morgan fingerprint density at radius 1 is 1.26 bits per heavy atom. The molecule has 8 heteroatoms. The molecule has 0 aromatic carbocycles. The summed E-state index contributed by atoms with van der Waals surface area (Å²) in [6.07, 6.45) is 7.21. The first-order chi connectivity index (χ1) is 11.3. The van der Waals surface area contributed by atoms with Gasteiger partial charge in [0.2, 0.25) is 0 Å². The van der Waals surface area contributed by atoms with Crippen molar-refractivity contribution < 1.29 is 14.3 Å². The van der Waals surface area contributed by atoms with Gasteiger partial charge in [0.05, 0.1) is 6.04 Å². The average molecular weight is 334 g/mol. The number of hydrogen-bond acceptors (Lipinski definition) is 6. The molecule has 4 rings (SSSR count). The highest BCUT2D eigenvalue weighted by molar-refractivity contribution is 7.12. The maximum atomic E-state index is 12.5. The molecule has 1 saturated carbocycles. The number of aromatic nitrogens is 3. The van der Waals surface area contributed by atoms with Crippen LogP contribution in [0.4, 0.5) is 0 Å². The van der Waals surface area contributed by atoms with Crippen LogP contribution in [0.25, 0.3) is 0 Å². The molecule has 0 radical (unpaired) electrons. The molecule has 1 N–H and O–H groups in total. The Morgan fingerprint density at radius 3 is 2.87 bits per heavy atom. The van der Waals surface area contributed by atoms with E-state index in [1.165, 1.54) is 11.3 Å². The fraction of sp³-hybridized carbons (Fsp3) is 0.533. The molecule has 0 saturated heterocycles. The Labute approximate surface area is 137 Å². The molecule has 7 nitrogen and oxygen atoms in total. The lowest BCUT2D eigenvalue weighted by Gasteiger charge is -2.29. The molecule has 0 unspecified atom stereocenters. The topological polar surface area (TPSA) is 78.3 Å². The third-order valence-corrected chi connectivity index (χ3v) is 5.29. The van der Waals surface area contributed by atoms with E-state index in [0.29, 0.717) is 35.6 Å². The van der Waals surface area contributed by atoms with Crippen LogP contribution in [0, 0.1) is 0 Å². The summed E-state index contributed by atoms with van der Waals surface area (Å²) in [5.74, 6) is 1.21. The number of hydrogen-bond donors (Lipinski definition) is 1. The predicted octanol–water partition coefficient (Wildman–Crippen LogP) is 2.02. The zero-order chi connectivity index (χ0) is 15.6. The van der Waals surface area contributed by atoms with Gasteiger partial charge in [0.15, 0.2) is 11.5 Å². The van der Waals surface area contributed by atoms with Crippen LogP contribution < -0.4 is 14.8 Å². The smallest absolute Gasteiger partial charge is 0.265 e. The Hall–Kier alpha value is -2.09. The molecule has 1 amide bonds. The Kier molecular flexibility index (Phi) is 3.90. The lowest BCUT2D eigenvalue weighted by molar-refractivity contribution is 0.0917. The molecule has 0 spiro atoms. The molecule has 2 aromatic heterocycles. The third-order valence-electron chi connectivity index (χ3n) is 4.35. The largest absolute Gasteiger partial charge is 0.485 e. The minimum atomic E-state index is -0.0639. The van der Waals surface area contributed by atoms with Gasteiger partial charge in [-0.15, -0.1) is 11.3 Å². The van der Waals surface area contributed by atoms with Crippen LogP contribution in [0.5, 0.6) is 11.5 Å². The quantitative estimate of drug-likeness (QED) is 0.929. The molecule has 23 heavy (non-hydrogen) atoms. The van der Waals surface area contributed by atoms with Crippen LogP contribution in [0.1, 0.15) is 41.4 Å². The van der Waals surface area contributed by atoms with E-state index in [9.17, 15) is 4.79 Å². The van der Waals surface area contributed by atoms with E-state index in [1.54, 1.807) is 12.7 Å². The molecule has 1 aliphatic carbocycles. The minimum Gasteiger partial charge on any atom is -0.485 e. The number of ether oxygens (including phenoxy) is 2. The van der Waals surface area contributed by atoms with E-state index in [1.807, 2.05) is 10.1 Å². The highest BCUT2D eigenvalue weighted by Gasteiger charge is 2.27. The molecule has 1 fully saturated rings. The maximum absolute atomic E-state index is 12.5. The summed E-state index contributed by atoms with van der Waals surface area (Å²) in [5, 5.41) is 9.17. The van der Waals surface area contributed by atoms with Crippen molar-refractivity contribution in [2.75, 3.05) is 13.2 Å². The second kappa shape index (κ2) is 6.19. The molecular weight excluding hydrogens is 316 g/mol. The van der Waals surface area contributed by atoms with Crippen LogP contribution >= 0.6 is 11.3 Å². The van der Waals surface area contributed by atoms with Crippen LogP contribution in [0.3, 0.4) is 0 Å². The summed E-state index contributed by atoms with van der Waals surface area (Å²) in [4.78, 5) is 17.1. The zero-order valence-electron chi connectivity index (χ0n) is 12.6. The highest BCUT2D eigenvalue weighted by Crippen LogP contribution is 2.39. The van der Waals surface area contributed by atoms with Gasteiger partial charge in [-0.25, -0.2) is 9.67 Å². The number of amides is 1. The SMILES string of the molecule is O=C(NC1CCC(n2cncn2)CC1)c1scc2c1OCCO2. The fourth-order valence-corrected chi connectivity index (χ4v) is 3.99. The van der Waals surface area contributed by atoms with Crippen molar-refractivity contribution in [1.82, 2.24) is 20.1 Å². The summed E-state index contributed by atoms with van der Waals surface area (Å²) in [6.45, 7) is 1.03. The summed E-state index contributed by atoms with van der Waals surface area (Å²) in [5.41, 5.74) is 0.